The zero-order valence-electron chi connectivity index (χ0n) is 11.8. The van der Waals surface area contributed by atoms with Gasteiger partial charge >= 0.3 is 0 Å². The maximum atomic E-state index is 10.2. The van der Waals surface area contributed by atoms with Crippen LogP contribution >= 0.6 is 0 Å². The molecular formula is C16H19N3O. The second-order valence-electron chi connectivity index (χ2n) is 5.51. The first-order valence-electron chi connectivity index (χ1n) is 6.99. The van der Waals surface area contributed by atoms with Crippen LogP contribution in [0.5, 0.6) is 5.75 Å². The predicted octanol–water partition coefficient (Wildman–Crippen LogP) is 2.83. The van der Waals surface area contributed by atoms with Crippen molar-refractivity contribution in [2.75, 3.05) is 0 Å². The predicted molar refractivity (Wildman–Crippen MR) is 77.5 cm³/mol. The van der Waals surface area contributed by atoms with Gasteiger partial charge in [-0.3, -0.25) is 0 Å². The Hall–Kier alpha value is -1.94. The molecule has 0 saturated carbocycles. The van der Waals surface area contributed by atoms with Crippen LogP contribution in [0.25, 0.3) is 0 Å². The summed E-state index contributed by atoms with van der Waals surface area (Å²) in [6.07, 6.45) is 2.68. The summed E-state index contributed by atoms with van der Waals surface area (Å²) in [5.41, 5.74) is 4.53. The first-order chi connectivity index (χ1) is 9.66. The first-order valence-corrected chi connectivity index (χ1v) is 6.99. The summed E-state index contributed by atoms with van der Waals surface area (Å²) >= 11 is 0. The molecule has 3 rings (SSSR count). The van der Waals surface area contributed by atoms with Crippen LogP contribution in [0.15, 0.2) is 30.5 Å². The van der Waals surface area contributed by atoms with E-state index in [0.29, 0.717) is 18.2 Å². The third-order valence-corrected chi connectivity index (χ3v) is 4.07. The molecule has 2 unspecified atom stereocenters. The van der Waals surface area contributed by atoms with Crippen LogP contribution in [0, 0.1) is 6.92 Å². The highest BCUT2D eigenvalue weighted by Crippen LogP contribution is 2.45. The van der Waals surface area contributed by atoms with E-state index >= 15 is 0 Å². The second kappa shape index (κ2) is 5.21. The van der Waals surface area contributed by atoms with Gasteiger partial charge in [-0.2, -0.15) is 10.2 Å². The minimum absolute atomic E-state index is 0.182. The molecule has 2 aromatic rings. The molecule has 2 N–H and O–H groups in total. The number of nitrogens with zero attached hydrogens (tertiary/aromatic N) is 2. The number of fused-ring (bicyclic) bond motifs is 1. The van der Waals surface area contributed by atoms with Crippen LogP contribution in [0.4, 0.5) is 0 Å². The number of rotatable bonds is 3. The minimum atomic E-state index is 0.182. The molecule has 1 aliphatic carbocycles. The number of phenolic OH excluding ortho intramolecular Hbond substituents is 1. The van der Waals surface area contributed by atoms with E-state index in [-0.39, 0.29) is 6.04 Å². The minimum Gasteiger partial charge on any atom is -0.508 e. The molecule has 0 saturated heterocycles. The van der Waals surface area contributed by atoms with Crippen molar-refractivity contribution in [3.8, 4) is 5.75 Å². The molecule has 4 heteroatoms. The van der Waals surface area contributed by atoms with E-state index in [9.17, 15) is 5.11 Å². The average molecular weight is 269 g/mol. The SMILES string of the molecule is Cc1ccc(O)c2c1C(C)CC2NCc1cccnn1. The largest absolute Gasteiger partial charge is 0.508 e. The molecule has 4 nitrogen and oxygen atoms in total. The lowest BCUT2D eigenvalue weighted by atomic mass is 9.97. The van der Waals surface area contributed by atoms with E-state index in [2.05, 4.69) is 29.4 Å². The fraction of sp³-hybridized carbons (Fsp3) is 0.375. The van der Waals surface area contributed by atoms with Crippen molar-refractivity contribution >= 4 is 0 Å². The highest BCUT2D eigenvalue weighted by molar-refractivity contribution is 5.50. The Balaban J connectivity index is 1.83. The van der Waals surface area contributed by atoms with Crippen LogP contribution in [-0.2, 0) is 6.54 Å². The van der Waals surface area contributed by atoms with Crippen LogP contribution < -0.4 is 5.32 Å². The van der Waals surface area contributed by atoms with Crippen molar-refractivity contribution in [2.24, 2.45) is 0 Å². The third-order valence-electron chi connectivity index (χ3n) is 4.07. The summed E-state index contributed by atoms with van der Waals surface area (Å²) in [6, 6.07) is 7.81. The molecule has 20 heavy (non-hydrogen) atoms. The van der Waals surface area contributed by atoms with Crippen LogP contribution in [0.1, 0.15) is 47.7 Å². The molecule has 104 valence electrons. The summed E-state index contributed by atoms with van der Waals surface area (Å²) in [5.74, 6) is 0.864. The van der Waals surface area contributed by atoms with Gasteiger partial charge in [-0.1, -0.05) is 13.0 Å². The summed E-state index contributed by atoms with van der Waals surface area (Å²) in [4.78, 5) is 0. The molecule has 1 aromatic carbocycles. The van der Waals surface area contributed by atoms with Crippen molar-refractivity contribution in [3.63, 3.8) is 0 Å². The van der Waals surface area contributed by atoms with Gasteiger partial charge in [0.2, 0.25) is 0 Å². The standard InChI is InChI=1S/C16H19N3O/c1-10-5-6-14(20)16-13(8-11(2)15(10)16)17-9-12-4-3-7-18-19-12/h3-7,11,13,17,20H,8-9H2,1-2H3. The van der Waals surface area contributed by atoms with E-state index < -0.39 is 0 Å². The lowest BCUT2D eigenvalue weighted by Gasteiger charge is -2.15. The Morgan fingerprint density at radius 1 is 1.30 bits per heavy atom. The third kappa shape index (κ3) is 2.27. The number of aromatic nitrogens is 2. The van der Waals surface area contributed by atoms with Crippen molar-refractivity contribution in [1.29, 1.82) is 0 Å². The molecule has 1 aromatic heterocycles. The molecular weight excluding hydrogens is 250 g/mol. The number of benzene rings is 1. The summed E-state index contributed by atoms with van der Waals surface area (Å²) in [5, 5.41) is 21.6. The molecule has 0 fully saturated rings. The average Bonchev–Trinajstić information content (AvgIpc) is 2.80. The Morgan fingerprint density at radius 3 is 2.90 bits per heavy atom. The van der Waals surface area contributed by atoms with Gasteiger partial charge in [0.1, 0.15) is 5.75 Å². The molecule has 0 aliphatic heterocycles. The van der Waals surface area contributed by atoms with E-state index in [0.717, 1.165) is 17.7 Å². The molecule has 0 radical (unpaired) electrons. The zero-order chi connectivity index (χ0) is 14.1. The van der Waals surface area contributed by atoms with Crippen LogP contribution in [0.3, 0.4) is 0 Å². The number of hydrogen-bond donors (Lipinski definition) is 2. The Labute approximate surface area is 118 Å². The van der Waals surface area contributed by atoms with E-state index in [1.54, 1.807) is 12.3 Å². The van der Waals surface area contributed by atoms with Gasteiger partial charge in [0.15, 0.2) is 0 Å². The number of nitrogens with one attached hydrogen (secondary N) is 1. The zero-order valence-corrected chi connectivity index (χ0v) is 11.8. The molecule has 2 atom stereocenters. The maximum Gasteiger partial charge on any atom is 0.120 e. The number of aryl methyl sites for hydroxylation is 1. The van der Waals surface area contributed by atoms with Crippen molar-refractivity contribution < 1.29 is 5.11 Å². The molecule has 1 aliphatic rings. The number of hydrogen-bond acceptors (Lipinski definition) is 4. The fourth-order valence-corrected chi connectivity index (χ4v) is 3.18. The van der Waals surface area contributed by atoms with Gasteiger partial charge in [-0.25, -0.2) is 0 Å². The molecule has 0 amide bonds. The van der Waals surface area contributed by atoms with E-state index in [4.69, 9.17) is 0 Å². The Kier molecular flexibility index (Phi) is 3.40. The molecule has 0 bridgehead atoms. The smallest absolute Gasteiger partial charge is 0.120 e. The molecule has 1 heterocycles. The highest BCUT2D eigenvalue weighted by Gasteiger charge is 2.31. The van der Waals surface area contributed by atoms with Crippen molar-refractivity contribution in [1.82, 2.24) is 15.5 Å². The normalized spacial score (nSPS) is 20.9. The Bertz CT molecular complexity index is 613. The monoisotopic (exact) mass is 269 g/mol. The maximum absolute atomic E-state index is 10.2. The van der Waals surface area contributed by atoms with E-state index in [1.165, 1.54) is 11.1 Å². The summed E-state index contributed by atoms with van der Waals surface area (Å²) in [7, 11) is 0. The van der Waals surface area contributed by atoms with Gasteiger partial charge in [-0.05, 0) is 48.6 Å². The summed E-state index contributed by atoms with van der Waals surface area (Å²) < 4.78 is 0. The first kappa shape index (κ1) is 13.1. The number of phenols is 1. The van der Waals surface area contributed by atoms with Crippen molar-refractivity contribution in [2.45, 2.75) is 38.8 Å². The second-order valence-corrected chi connectivity index (χ2v) is 5.51. The lowest BCUT2D eigenvalue weighted by Crippen LogP contribution is -2.19. The van der Waals surface area contributed by atoms with E-state index in [1.807, 2.05) is 18.2 Å². The van der Waals surface area contributed by atoms with Gasteiger partial charge in [0, 0.05) is 24.3 Å². The van der Waals surface area contributed by atoms with Crippen LogP contribution in [0.2, 0.25) is 0 Å². The van der Waals surface area contributed by atoms with Gasteiger partial charge in [0.05, 0.1) is 5.69 Å². The Morgan fingerprint density at radius 2 is 2.15 bits per heavy atom. The van der Waals surface area contributed by atoms with Gasteiger partial charge in [0.25, 0.3) is 0 Å². The number of aromatic hydroxyl groups is 1. The van der Waals surface area contributed by atoms with Gasteiger partial charge < -0.3 is 10.4 Å². The topological polar surface area (TPSA) is 58.0 Å². The quantitative estimate of drug-likeness (QED) is 0.899. The lowest BCUT2D eigenvalue weighted by molar-refractivity contribution is 0.443. The van der Waals surface area contributed by atoms with Crippen LogP contribution in [-0.4, -0.2) is 15.3 Å². The highest BCUT2D eigenvalue weighted by atomic mass is 16.3. The summed E-state index contributed by atoms with van der Waals surface area (Å²) in [6.45, 7) is 4.99. The van der Waals surface area contributed by atoms with Crippen molar-refractivity contribution in [3.05, 3.63) is 52.8 Å². The fourth-order valence-electron chi connectivity index (χ4n) is 3.18. The molecule has 0 spiro atoms. The van der Waals surface area contributed by atoms with Gasteiger partial charge in [-0.15, -0.1) is 0 Å².